The average Bonchev–Trinajstić information content (AvgIpc) is 2.64. The van der Waals surface area contributed by atoms with Crippen LogP contribution in [0.25, 0.3) is 0 Å². The number of aliphatic imine (C=N–C) groups is 1. The van der Waals surface area contributed by atoms with Gasteiger partial charge in [-0.3, -0.25) is 0 Å². The van der Waals surface area contributed by atoms with Crippen LogP contribution in [0, 0.1) is 31.0 Å². The summed E-state index contributed by atoms with van der Waals surface area (Å²) in [6.45, 7) is 3.80. The standard InChI is InChI=1S/C14H10ClFN2S/c1-8-9(2)19-14(10(8)6-17)18-7-11-12(15)4-3-5-13(11)16/h3-5,7H,1-2H3/b18-7+. The van der Waals surface area contributed by atoms with E-state index in [9.17, 15) is 4.39 Å². The fourth-order valence-corrected chi connectivity index (χ4v) is 2.75. The highest BCUT2D eigenvalue weighted by Crippen LogP contribution is 2.34. The highest BCUT2D eigenvalue weighted by Gasteiger charge is 2.11. The predicted molar refractivity (Wildman–Crippen MR) is 77.2 cm³/mol. The van der Waals surface area contributed by atoms with Crippen molar-refractivity contribution in [3.8, 4) is 6.07 Å². The third-order valence-corrected chi connectivity index (χ3v) is 4.23. The van der Waals surface area contributed by atoms with E-state index in [1.54, 1.807) is 6.07 Å². The zero-order chi connectivity index (χ0) is 14.0. The van der Waals surface area contributed by atoms with Crippen molar-refractivity contribution in [3.63, 3.8) is 0 Å². The molecule has 96 valence electrons. The van der Waals surface area contributed by atoms with E-state index in [0.717, 1.165) is 10.4 Å². The Morgan fingerprint density at radius 3 is 2.79 bits per heavy atom. The molecule has 0 unspecified atom stereocenters. The van der Waals surface area contributed by atoms with Gasteiger partial charge in [0.05, 0.1) is 10.6 Å². The van der Waals surface area contributed by atoms with Crippen molar-refractivity contribution in [1.29, 1.82) is 5.26 Å². The summed E-state index contributed by atoms with van der Waals surface area (Å²) in [7, 11) is 0. The van der Waals surface area contributed by atoms with Crippen molar-refractivity contribution >= 4 is 34.2 Å². The molecule has 0 aliphatic rings. The van der Waals surface area contributed by atoms with Crippen molar-refractivity contribution in [2.24, 2.45) is 4.99 Å². The Kier molecular flexibility index (Phi) is 3.98. The van der Waals surface area contributed by atoms with Gasteiger partial charge < -0.3 is 0 Å². The summed E-state index contributed by atoms with van der Waals surface area (Å²) in [4.78, 5) is 5.23. The van der Waals surface area contributed by atoms with Crippen molar-refractivity contribution < 1.29 is 4.39 Å². The van der Waals surface area contributed by atoms with Crippen LogP contribution in [0.2, 0.25) is 5.02 Å². The summed E-state index contributed by atoms with van der Waals surface area (Å²) in [5.74, 6) is -0.431. The summed E-state index contributed by atoms with van der Waals surface area (Å²) < 4.78 is 13.6. The number of rotatable bonds is 2. The molecule has 0 atom stereocenters. The summed E-state index contributed by atoms with van der Waals surface area (Å²) in [5.41, 5.74) is 1.68. The van der Waals surface area contributed by atoms with Gasteiger partial charge in [-0.2, -0.15) is 5.26 Å². The molecule has 0 saturated heterocycles. The van der Waals surface area contributed by atoms with E-state index >= 15 is 0 Å². The SMILES string of the molecule is Cc1sc(/N=C/c2c(F)cccc2Cl)c(C#N)c1C. The maximum absolute atomic E-state index is 13.6. The first-order valence-electron chi connectivity index (χ1n) is 5.52. The van der Waals surface area contributed by atoms with Gasteiger partial charge in [0.2, 0.25) is 0 Å². The first-order chi connectivity index (χ1) is 9.04. The lowest BCUT2D eigenvalue weighted by atomic mass is 10.2. The van der Waals surface area contributed by atoms with Crippen molar-refractivity contribution in [2.45, 2.75) is 13.8 Å². The number of nitrogens with zero attached hydrogens (tertiary/aromatic N) is 2. The smallest absolute Gasteiger partial charge is 0.134 e. The number of hydrogen-bond acceptors (Lipinski definition) is 3. The van der Waals surface area contributed by atoms with E-state index in [4.69, 9.17) is 16.9 Å². The normalized spacial score (nSPS) is 10.9. The highest BCUT2D eigenvalue weighted by atomic mass is 35.5. The van der Waals surface area contributed by atoms with E-state index in [1.165, 1.54) is 29.7 Å². The Labute approximate surface area is 119 Å². The molecule has 2 aromatic rings. The molecule has 5 heteroatoms. The van der Waals surface area contributed by atoms with Crippen LogP contribution >= 0.6 is 22.9 Å². The molecule has 0 saturated carbocycles. The van der Waals surface area contributed by atoms with Crippen LogP contribution < -0.4 is 0 Å². The highest BCUT2D eigenvalue weighted by molar-refractivity contribution is 7.16. The molecule has 1 aromatic heterocycles. The minimum absolute atomic E-state index is 0.233. The van der Waals surface area contributed by atoms with Gasteiger partial charge in [0, 0.05) is 16.7 Å². The molecule has 0 aliphatic heterocycles. The molecule has 2 rings (SSSR count). The van der Waals surface area contributed by atoms with E-state index < -0.39 is 5.82 Å². The molecule has 2 nitrogen and oxygen atoms in total. The number of benzene rings is 1. The van der Waals surface area contributed by atoms with Crippen LogP contribution in [0.1, 0.15) is 21.6 Å². The molecule has 0 fully saturated rings. The minimum atomic E-state index is -0.431. The number of halogens is 2. The Hall–Kier alpha value is -1.70. The minimum Gasteiger partial charge on any atom is -0.244 e. The first-order valence-corrected chi connectivity index (χ1v) is 6.72. The topological polar surface area (TPSA) is 36.1 Å². The molecule has 0 bridgehead atoms. The maximum Gasteiger partial charge on any atom is 0.134 e. The van der Waals surface area contributed by atoms with Crippen molar-refractivity contribution in [1.82, 2.24) is 0 Å². The monoisotopic (exact) mass is 292 g/mol. The molecule has 1 heterocycles. The molecule has 1 aromatic carbocycles. The quantitative estimate of drug-likeness (QED) is 0.734. The number of nitriles is 1. The molecular weight excluding hydrogens is 283 g/mol. The number of thiophene rings is 1. The van der Waals surface area contributed by atoms with Crippen LogP contribution in [0.5, 0.6) is 0 Å². The van der Waals surface area contributed by atoms with Gasteiger partial charge in [-0.15, -0.1) is 11.3 Å². The zero-order valence-electron chi connectivity index (χ0n) is 10.4. The van der Waals surface area contributed by atoms with E-state index in [2.05, 4.69) is 11.1 Å². The molecule has 0 amide bonds. The van der Waals surface area contributed by atoms with Crippen LogP contribution in [0.4, 0.5) is 9.39 Å². The van der Waals surface area contributed by atoms with E-state index in [-0.39, 0.29) is 5.56 Å². The number of hydrogen-bond donors (Lipinski definition) is 0. The van der Waals surface area contributed by atoms with Gasteiger partial charge in [-0.25, -0.2) is 9.38 Å². The number of aryl methyl sites for hydroxylation is 1. The third kappa shape index (κ3) is 2.67. The first kappa shape index (κ1) is 13.7. The lowest BCUT2D eigenvalue weighted by molar-refractivity contribution is 0.626. The summed E-state index contributed by atoms with van der Waals surface area (Å²) >= 11 is 7.32. The average molecular weight is 293 g/mol. The third-order valence-electron chi connectivity index (χ3n) is 2.79. The van der Waals surface area contributed by atoms with Gasteiger partial charge in [0.1, 0.15) is 16.9 Å². The largest absolute Gasteiger partial charge is 0.244 e. The summed E-state index contributed by atoms with van der Waals surface area (Å²) in [6, 6.07) is 6.58. The van der Waals surface area contributed by atoms with Crippen LogP contribution in [0.15, 0.2) is 23.2 Å². The van der Waals surface area contributed by atoms with Gasteiger partial charge in [0.15, 0.2) is 0 Å². The van der Waals surface area contributed by atoms with Gasteiger partial charge in [0.25, 0.3) is 0 Å². The Morgan fingerprint density at radius 1 is 1.42 bits per heavy atom. The van der Waals surface area contributed by atoms with Crippen molar-refractivity contribution in [3.05, 3.63) is 50.6 Å². The van der Waals surface area contributed by atoms with Crippen molar-refractivity contribution in [2.75, 3.05) is 0 Å². The molecule has 0 spiro atoms. The van der Waals surface area contributed by atoms with E-state index in [0.29, 0.717) is 15.6 Å². The lowest BCUT2D eigenvalue weighted by Crippen LogP contribution is -1.88. The Morgan fingerprint density at radius 2 is 2.16 bits per heavy atom. The van der Waals surface area contributed by atoms with E-state index in [1.807, 2.05) is 13.8 Å². The maximum atomic E-state index is 13.6. The molecule has 0 N–H and O–H groups in total. The lowest BCUT2D eigenvalue weighted by Gasteiger charge is -1.98. The zero-order valence-corrected chi connectivity index (χ0v) is 11.9. The second-order valence-electron chi connectivity index (χ2n) is 3.97. The van der Waals surface area contributed by atoms with Gasteiger partial charge >= 0.3 is 0 Å². The fraction of sp³-hybridized carbons (Fsp3) is 0.143. The predicted octanol–water partition coefficient (Wildman–Crippen LogP) is 4.78. The van der Waals surface area contributed by atoms with Crippen LogP contribution in [-0.4, -0.2) is 6.21 Å². The Balaban J connectivity index is 2.45. The molecule has 19 heavy (non-hydrogen) atoms. The second-order valence-corrected chi connectivity index (χ2v) is 5.58. The fourth-order valence-electron chi connectivity index (χ4n) is 1.59. The van der Waals surface area contributed by atoms with Crippen LogP contribution in [0.3, 0.4) is 0 Å². The summed E-state index contributed by atoms with van der Waals surface area (Å²) in [6.07, 6.45) is 1.36. The summed E-state index contributed by atoms with van der Waals surface area (Å²) in [5, 5.41) is 9.98. The Bertz CT molecular complexity index is 678. The second kappa shape index (κ2) is 5.52. The van der Waals surface area contributed by atoms with Crippen LogP contribution in [-0.2, 0) is 0 Å². The molecule has 0 radical (unpaired) electrons. The molecular formula is C14H10ClFN2S. The van der Waals surface area contributed by atoms with Gasteiger partial charge in [-0.1, -0.05) is 17.7 Å². The van der Waals surface area contributed by atoms with Gasteiger partial charge in [-0.05, 0) is 31.5 Å². The molecule has 0 aliphatic carbocycles.